The maximum Gasteiger partial charge on any atom is 0.236 e. The number of piperidine rings is 1. The van der Waals surface area contributed by atoms with Crippen molar-refractivity contribution in [1.82, 2.24) is 9.80 Å². The minimum atomic E-state index is -0.284. The highest BCUT2D eigenvalue weighted by atomic mass is 19.1. The number of aliphatic hydroxyl groups excluding tert-OH is 1. The van der Waals surface area contributed by atoms with E-state index >= 15 is 0 Å². The van der Waals surface area contributed by atoms with Gasteiger partial charge in [0.05, 0.1) is 12.6 Å². The van der Waals surface area contributed by atoms with Crippen LogP contribution in [0.15, 0.2) is 24.3 Å². The molecule has 2 rings (SSSR count). The number of halogens is 1. The molecule has 1 saturated heterocycles. The van der Waals surface area contributed by atoms with Crippen LogP contribution >= 0.6 is 0 Å². The minimum absolute atomic E-state index is 0.0235. The number of amides is 1. The van der Waals surface area contributed by atoms with Gasteiger partial charge in [-0.1, -0.05) is 18.2 Å². The molecule has 0 saturated carbocycles. The largest absolute Gasteiger partial charge is 0.393 e. The van der Waals surface area contributed by atoms with Gasteiger partial charge in [0, 0.05) is 32.2 Å². The summed E-state index contributed by atoms with van der Waals surface area (Å²) in [6.45, 7) is 2.08. The van der Waals surface area contributed by atoms with Crippen molar-refractivity contribution in [3.8, 4) is 0 Å². The second-order valence-electron chi connectivity index (χ2n) is 5.35. The molecule has 1 aromatic rings. The van der Waals surface area contributed by atoms with Crippen molar-refractivity contribution >= 4 is 5.91 Å². The molecular weight excluding hydrogens is 259 g/mol. The molecule has 1 N–H and O–H groups in total. The molecule has 4 nitrogen and oxygen atoms in total. The number of aliphatic hydroxyl groups is 1. The third-order valence-corrected chi connectivity index (χ3v) is 3.71. The van der Waals surface area contributed by atoms with E-state index in [1.54, 1.807) is 30.1 Å². The van der Waals surface area contributed by atoms with Gasteiger partial charge in [-0.3, -0.25) is 9.69 Å². The molecule has 1 heterocycles. The van der Waals surface area contributed by atoms with E-state index in [9.17, 15) is 14.3 Å². The molecule has 20 heavy (non-hydrogen) atoms. The second-order valence-corrected chi connectivity index (χ2v) is 5.35. The Labute approximate surface area is 118 Å². The Bertz CT molecular complexity index is 459. The van der Waals surface area contributed by atoms with Gasteiger partial charge in [0.15, 0.2) is 0 Å². The molecule has 0 bridgehead atoms. The molecule has 0 aliphatic carbocycles. The summed E-state index contributed by atoms with van der Waals surface area (Å²) in [6.07, 6.45) is 1.19. The number of hydrogen-bond acceptors (Lipinski definition) is 3. The van der Waals surface area contributed by atoms with Gasteiger partial charge in [-0.05, 0) is 18.9 Å². The number of rotatable bonds is 4. The summed E-state index contributed by atoms with van der Waals surface area (Å²) in [4.78, 5) is 15.7. The fraction of sp³-hybridized carbons (Fsp3) is 0.533. The van der Waals surface area contributed by atoms with Crippen LogP contribution in [-0.2, 0) is 11.3 Å². The number of carbonyl (C=O) groups excluding carboxylic acids is 1. The Morgan fingerprint density at radius 1 is 1.40 bits per heavy atom. The highest BCUT2D eigenvalue weighted by Crippen LogP contribution is 2.12. The predicted molar refractivity (Wildman–Crippen MR) is 74.6 cm³/mol. The Morgan fingerprint density at radius 3 is 2.70 bits per heavy atom. The molecule has 110 valence electrons. The molecule has 1 fully saturated rings. The standard InChI is InChI=1S/C15H21FN2O2/c1-17(10-12-4-2-3-5-14(12)16)15(20)11-18-8-6-13(19)7-9-18/h2-5,13,19H,6-11H2,1H3. The number of likely N-dealkylation sites (N-methyl/N-ethyl adjacent to an activating group) is 1. The fourth-order valence-corrected chi connectivity index (χ4v) is 2.36. The summed E-state index contributed by atoms with van der Waals surface area (Å²) < 4.78 is 13.5. The Hall–Kier alpha value is -1.46. The average molecular weight is 280 g/mol. The topological polar surface area (TPSA) is 43.8 Å². The predicted octanol–water partition coefficient (Wildman–Crippen LogP) is 1.24. The van der Waals surface area contributed by atoms with Gasteiger partial charge in [0.2, 0.25) is 5.91 Å². The molecule has 0 aromatic heterocycles. The molecule has 1 aliphatic heterocycles. The molecule has 0 unspecified atom stereocenters. The van der Waals surface area contributed by atoms with Crippen LogP contribution in [0.3, 0.4) is 0 Å². The Morgan fingerprint density at radius 2 is 2.05 bits per heavy atom. The Kier molecular flexibility index (Phi) is 5.09. The van der Waals surface area contributed by atoms with Crippen LogP contribution in [0.25, 0.3) is 0 Å². The van der Waals surface area contributed by atoms with Gasteiger partial charge in [-0.25, -0.2) is 4.39 Å². The third kappa shape index (κ3) is 4.02. The zero-order valence-corrected chi connectivity index (χ0v) is 11.8. The highest BCUT2D eigenvalue weighted by molar-refractivity contribution is 5.78. The maximum atomic E-state index is 13.5. The van der Waals surface area contributed by atoms with Crippen molar-refractivity contribution < 1.29 is 14.3 Å². The first-order valence-corrected chi connectivity index (χ1v) is 6.94. The van der Waals surface area contributed by atoms with Crippen LogP contribution < -0.4 is 0 Å². The maximum absolute atomic E-state index is 13.5. The summed E-state index contributed by atoms with van der Waals surface area (Å²) in [7, 11) is 1.69. The van der Waals surface area contributed by atoms with Gasteiger partial charge in [-0.15, -0.1) is 0 Å². The lowest BCUT2D eigenvalue weighted by molar-refractivity contribution is -0.132. The van der Waals surface area contributed by atoms with Crippen LogP contribution in [0.5, 0.6) is 0 Å². The SMILES string of the molecule is CN(Cc1ccccc1F)C(=O)CN1CCC(O)CC1. The molecule has 5 heteroatoms. The lowest BCUT2D eigenvalue weighted by Gasteiger charge is -2.30. The van der Waals surface area contributed by atoms with Crippen molar-refractivity contribution in [1.29, 1.82) is 0 Å². The zero-order chi connectivity index (χ0) is 14.5. The quantitative estimate of drug-likeness (QED) is 0.902. The lowest BCUT2D eigenvalue weighted by atomic mass is 10.1. The first-order chi connectivity index (χ1) is 9.56. The normalized spacial score (nSPS) is 17.1. The van der Waals surface area contributed by atoms with E-state index in [2.05, 4.69) is 0 Å². The molecule has 1 aromatic carbocycles. The highest BCUT2D eigenvalue weighted by Gasteiger charge is 2.20. The van der Waals surface area contributed by atoms with Crippen LogP contribution in [0.4, 0.5) is 4.39 Å². The lowest BCUT2D eigenvalue weighted by Crippen LogP contribution is -2.43. The van der Waals surface area contributed by atoms with E-state index < -0.39 is 0 Å². The zero-order valence-electron chi connectivity index (χ0n) is 11.8. The summed E-state index contributed by atoms with van der Waals surface area (Å²) in [5.41, 5.74) is 0.525. The van der Waals surface area contributed by atoms with Crippen molar-refractivity contribution in [3.05, 3.63) is 35.6 Å². The number of nitrogens with zero attached hydrogens (tertiary/aromatic N) is 2. The Balaban J connectivity index is 1.84. The van der Waals surface area contributed by atoms with Gasteiger partial charge in [0.25, 0.3) is 0 Å². The smallest absolute Gasteiger partial charge is 0.236 e. The van der Waals surface area contributed by atoms with Gasteiger partial charge < -0.3 is 10.0 Å². The van der Waals surface area contributed by atoms with E-state index in [1.807, 2.05) is 4.90 Å². The van der Waals surface area contributed by atoms with Crippen LogP contribution in [-0.4, -0.2) is 53.6 Å². The molecule has 1 amide bonds. The van der Waals surface area contributed by atoms with Crippen molar-refractivity contribution in [3.63, 3.8) is 0 Å². The molecule has 0 spiro atoms. The van der Waals surface area contributed by atoms with E-state index in [1.165, 1.54) is 6.07 Å². The number of carbonyl (C=O) groups is 1. The first kappa shape index (κ1) is 14.9. The summed E-state index contributed by atoms with van der Waals surface area (Å²) in [6, 6.07) is 6.50. The number of hydrogen-bond donors (Lipinski definition) is 1. The molecule has 1 aliphatic rings. The van der Waals surface area contributed by atoms with E-state index in [0.29, 0.717) is 24.9 Å². The third-order valence-electron chi connectivity index (χ3n) is 3.71. The summed E-state index contributed by atoms with van der Waals surface area (Å²) >= 11 is 0. The van der Waals surface area contributed by atoms with E-state index in [4.69, 9.17) is 0 Å². The molecular formula is C15H21FN2O2. The van der Waals surface area contributed by atoms with Crippen LogP contribution in [0.1, 0.15) is 18.4 Å². The van der Waals surface area contributed by atoms with E-state index in [-0.39, 0.29) is 24.4 Å². The summed E-state index contributed by atoms with van der Waals surface area (Å²) in [5, 5.41) is 9.43. The van der Waals surface area contributed by atoms with Gasteiger partial charge in [-0.2, -0.15) is 0 Å². The number of benzene rings is 1. The van der Waals surface area contributed by atoms with Gasteiger partial charge in [0.1, 0.15) is 5.82 Å². The molecule has 0 atom stereocenters. The van der Waals surface area contributed by atoms with Crippen LogP contribution in [0.2, 0.25) is 0 Å². The van der Waals surface area contributed by atoms with Crippen molar-refractivity contribution in [2.45, 2.75) is 25.5 Å². The van der Waals surface area contributed by atoms with E-state index in [0.717, 1.165) is 13.1 Å². The van der Waals surface area contributed by atoms with Crippen LogP contribution in [0, 0.1) is 5.82 Å². The monoisotopic (exact) mass is 280 g/mol. The minimum Gasteiger partial charge on any atom is -0.393 e. The van der Waals surface area contributed by atoms with Crippen molar-refractivity contribution in [2.75, 3.05) is 26.7 Å². The van der Waals surface area contributed by atoms with Crippen molar-refractivity contribution in [2.24, 2.45) is 0 Å². The fourth-order valence-electron chi connectivity index (χ4n) is 2.36. The summed E-state index contributed by atoms with van der Waals surface area (Å²) in [5.74, 6) is -0.308. The first-order valence-electron chi connectivity index (χ1n) is 6.94. The molecule has 0 radical (unpaired) electrons. The number of likely N-dealkylation sites (tertiary alicyclic amines) is 1. The van der Waals surface area contributed by atoms with Gasteiger partial charge >= 0.3 is 0 Å². The second kappa shape index (κ2) is 6.81. The average Bonchev–Trinajstić information content (AvgIpc) is 2.44.